The Kier molecular flexibility index (Phi) is 4.63. The van der Waals surface area contributed by atoms with Gasteiger partial charge in [-0.3, -0.25) is 9.98 Å². The van der Waals surface area contributed by atoms with Crippen LogP contribution in [0.1, 0.15) is 5.56 Å². The summed E-state index contributed by atoms with van der Waals surface area (Å²) in [6.07, 6.45) is 5.29. The highest BCUT2D eigenvalue weighted by molar-refractivity contribution is 7.07. The molecule has 0 N–H and O–H groups in total. The van der Waals surface area contributed by atoms with E-state index >= 15 is 0 Å². The van der Waals surface area contributed by atoms with Gasteiger partial charge in [-0.05, 0) is 42.0 Å². The summed E-state index contributed by atoms with van der Waals surface area (Å²) >= 11 is 1.56. The van der Waals surface area contributed by atoms with Crippen LogP contribution in [0.25, 0.3) is 11.3 Å². The number of nitrogens with zero attached hydrogens (tertiary/aromatic N) is 4. The maximum absolute atomic E-state index is 5.21. The smallest absolute Gasteiger partial charge is 0.205 e. The van der Waals surface area contributed by atoms with Gasteiger partial charge in [0.1, 0.15) is 5.75 Å². The zero-order valence-corrected chi connectivity index (χ0v) is 13.7. The molecular formula is C17H16N4OS. The molecule has 0 unspecified atom stereocenters. The molecule has 1 aromatic carbocycles. The van der Waals surface area contributed by atoms with Crippen molar-refractivity contribution in [2.75, 3.05) is 14.2 Å². The van der Waals surface area contributed by atoms with Crippen LogP contribution in [0.2, 0.25) is 0 Å². The molecule has 0 spiro atoms. The van der Waals surface area contributed by atoms with Crippen molar-refractivity contribution in [3.8, 4) is 17.0 Å². The fourth-order valence-electron chi connectivity index (χ4n) is 2.10. The molecule has 5 nitrogen and oxygen atoms in total. The summed E-state index contributed by atoms with van der Waals surface area (Å²) in [7, 11) is 3.43. The van der Waals surface area contributed by atoms with E-state index < -0.39 is 0 Å². The first-order valence-electron chi connectivity index (χ1n) is 7.04. The number of hydrogen-bond donors (Lipinski definition) is 0. The van der Waals surface area contributed by atoms with Crippen LogP contribution in [0, 0.1) is 0 Å². The van der Waals surface area contributed by atoms with E-state index in [1.165, 1.54) is 0 Å². The average Bonchev–Trinajstić information content (AvgIpc) is 3.04. The van der Waals surface area contributed by atoms with Crippen molar-refractivity contribution in [3.63, 3.8) is 0 Å². The summed E-state index contributed by atoms with van der Waals surface area (Å²) in [6.45, 7) is 0. The maximum atomic E-state index is 5.21. The quantitative estimate of drug-likeness (QED) is 0.693. The third-order valence-corrected chi connectivity index (χ3v) is 4.20. The van der Waals surface area contributed by atoms with Gasteiger partial charge in [-0.25, -0.2) is 4.68 Å². The summed E-state index contributed by atoms with van der Waals surface area (Å²) < 4.78 is 7.05. The predicted molar refractivity (Wildman–Crippen MR) is 93.0 cm³/mol. The second-order valence-electron chi connectivity index (χ2n) is 4.69. The van der Waals surface area contributed by atoms with Crippen LogP contribution < -0.4 is 9.54 Å². The first-order chi connectivity index (χ1) is 11.3. The van der Waals surface area contributed by atoms with Gasteiger partial charge in [0.25, 0.3) is 0 Å². The number of thiazole rings is 1. The molecule has 0 aliphatic rings. The molecule has 2 aromatic heterocycles. The van der Waals surface area contributed by atoms with Crippen molar-refractivity contribution in [2.45, 2.75) is 0 Å². The van der Waals surface area contributed by atoms with Crippen LogP contribution in [0.3, 0.4) is 0 Å². The number of rotatable bonds is 4. The fourth-order valence-corrected chi connectivity index (χ4v) is 2.90. The fraction of sp³-hybridized carbons (Fsp3) is 0.118. The lowest BCUT2D eigenvalue weighted by atomic mass is 10.2. The number of pyridine rings is 1. The Morgan fingerprint density at radius 2 is 1.87 bits per heavy atom. The van der Waals surface area contributed by atoms with Crippen molar-refractivity contribution in [3.05, 3.63) is 64.5 Å². The van der Waals surface area contributed by atoms with E-state index in [9.17, 15) is 0 Å². The van der Waals surface area contributed by atoms with Gasteiger partial charge in [0.2, 0.25) is 4.80 Å². The van der Waals surface area contributed by atoms with Crippen molar-refractivity contribution < 1.29 is 4.74 Å². The summed E-state index contributed by atoms with van der Waals surface area (Å²) in [4.78, 5) is 9.14. The Labute approximate surface area is 138 Å². The van der Waals surface area contributed by atoms with Crippen LogP contribution >= 0.6 is 11.3 Å². The third kappa shape index (κ3) is 3.37. The standard InChI is InChI=1S/C17H16N4OS/c1-18-17-21(20-11-13-7-9-19-10-8-13)16(12-23-17)14-3-5-15(22-2)6-4-14/h3-12H,1-2H3. The predicted octanol–water partition coefficient (Wildman–Crippen LogP) is 3.03. The van der Waals surface area contributed by atoms with Crippen molar-refractivity contribution in [1.82, 2.24) is 9.66 Å². The van der Waals surface area contributed by atoms with Gasteiger partial charge in [-0.1, -0.05) is 0 Å². The summed E-state index contributed by atoms with van der Waals surface area (Å²) in [5, 5.41) is 6.63. The highest BCUT2D eigenvalue weighted by atomic mass is 32.1. The molecule has 0 aliphatic carbocycles. The molecule has 0 radical (unpaired) electrons. The minimum atomic E-state index is 0.830. The molecule has 0 aliphatic heterocycles. The van der Waals surface area contributed by atoms with Crippen LogP contribution in [-0.4, -0.2) is 30.0 Å². The topological polar surface area (TPSA) is 51.8 Å². The average molecular weight is 324 g/mol. The first-order valence-corrected chi connectivity index (χ1v) is 7.92. The second kappa shape index (κ2) is 7.02. The third-order valence-electron chi connectivity index (χ3n) is 3.29. The Bertz CT molecular complexity index is 864. The van der Waals surface area contributed by atoms with Gasteiger partial charge in [0, 0.05) is 30.4 Å². The van der Waals surface area contributed by atoms with E-state index in [1.54, 1.807) is 44.1 Å². The normalized spacial score (nSPS) is 12.0. The lowest BCUT2D eigenvalue weighted by molar-refractivity contribution is 0.415. The van der Waals surface area contributed by atoms with E-state index in [0.717, 1.165) is 27.4 Å². The molecule has 2 heterocycles. The minimum absolute atomic E-state index is 0.830. The van der Waals surface area contributed by atoms with E-state index in [0.29, 0.717) is 0 Å². The van der Waals surface area contributed by atoms with E-state index in [-0.39, 0.29) is 0 Å². The Morgan fingerprint density at radius 1 is 1.13 bits per heavy atom. The van der Waals surface area contributed by atoms with Gasteiger partial charge in [0.05, 0.1) is 19.0 Å². The zero-order valence-electron chi connectivity index (χ0n) is 12.9. The molecule has 0 saturated heterocycles. The van der Waals surface area contributed by atoms with Crippen LogP contribution in [0.15, 0.2) is 64.3 Å². The van der Waals surface area contributed by atoms with E-state index in [2.05, 4.69) is 15.1 Å². The molecule has 3 rings (SSSR count). The molecule has 0 saturated carbocycles. The van der Waals surface area contributed by atoms with Gasteiger partial charge in [-0.2, -0.15) is 5.10 Å². The van der Waals surface area contributed by atoms with E-state index in [1.807, 2.05) is 46.5 Å². The maximum Gasteiger partial charge on any atom is 0.205 e. The Balaban J connectivity index is 2.02. The van der Waals surface area contributed by atoms with Gasteiger partial charge in [0.15, 0.2) is 0 Å². The van der Waals surface area contributed by atoms with Crippen molar-refractivity contribution in [2.24, 2.45) is 10.1 Å². The lowest BCUT2D eigenvalue weighted by Gasteiger charge is -2.05. The number of ether oxygens (including phenoxy) is 1. The number of aromatic nitrogens is 2. The van der Waals surface area contributed by atoms with E-state index in [4.69, 9.17) is 4.74 Å². The molecule has 0 fully saturated rings. The molecular weight excluding hydrogens is 308 g/mol. The highest BCUT2D eigenvalue weighted by Gasteiger charge is 2.07. The summed E-state index contributed by atoms with van der Waals surface area (Å²) in [6, 6.07) is 11.7. The first kappa shape index (κ1) is 15.2. The molecule has 0 atom stereocenters. The van der Waals surface area contributed by atoms with Crippen molar-refractivity contribution in [1.29, 1.82) is 0 Å². The highest BCUT2D eigenvalue weighted by Crippen LogP contribution is 2.22. The van der Waals surface area contributed by atoms with Crippen molar-refractivity contribution >= 4 is 17.6 Å². The Hall–Kier alpha value is -2.73. The van der Waals surface area contributed by atoms with Crippen LogP contribution in [0.4, 0.5) is 0 Å². The number of benzene rings is 1. The van der Waals surface area contributed by atoms with Gasteiger partial charge >= 0.3 is 0 Å². The molecule has 116 valence electrons. The number of hydrogen-bond acceptors (Lipinski definition) is 5. The summed E-state index contributed by atoms with van der Waals surface area (Å²) in [5.41, 5.74) is 3.04. The second-order valence-corrected chi connectivity index (χ2v) is 5.53. The molecule has 0 bridgehead atoms. The molecule has 0 amide bonds. The lowest BCUT2D eigenvalue weighted by Crippen LogP contribution is -2.11. The molecule has 6 heteroatoms. The van der Waals surface area contributed by atoms with Gasteiger partial charge in [-0.15, -0.1) is 11.3 Å². The molecule has 3 aromatic rings. The SMILES string of the molecule is CN=c1scc(-c2ccc(OC)cc2)n1N=Cc1ccncc1. The number of methoxy groups -OCH3 is 1. The minimum Gasteiger partial charge on any atom is -0.497 e. The van der Waals surface area contributed by atoms with Crippen LogP contribution in [0.5, 0.6) is 5.75 Å². The monoisotopic (exact) mass is 324 g/mol. The zero-order chi connectivity index (χ0) is 16.1. The summed E-state index contributed by atoms with van der Waals surface area (Å²) in [5.74, 6) is 0.830. The van der Waals surface area contributed by atoms with Crippen LogP contribution in [-0.2, 0) is 0 Å². The largest absolute Gasteiger partial charge is 0.497 e. The van der Waals surface area contributed by atoms with Gasteiger partial charge < -0.3 is 4.74 Å². The Morgan fingerprint density at radius 3 is 2.52 bits per heavy atom. The molecule has 23 heavy (non-hydrogen) atoms.